The summed E-state index contributed by atoms with van der Waals surface area (Å²) in [6.45, 7) is 0. The van der Waals surface area contributed by atoms with Gasteiger partial charge < -0.3 is 4.18 Å². The molecule has 0 unspecified atom stereocenters. The molecule has 4 nitrogen and oxygen atoms in total. The molecule has 0 amide bonds. The van der Waals surface area contributed by atoms with Crippen LogP contribution in [-0.4, -0.2) is 18.9 Å². The Labute approximate surface area is 119 Å². The molecule has 1 heterocycles. The zero-order chi connectivity index (χ0) is 16.8. The second-order valence-electron chi connectivity index (χ2n) is 4.01. The molecule has 1 aromatic heterocycles. The Hall–Kier alpha value is -2.04. The van der Waals surface area contributed by atoms with Gasteiger partial charge in [-0.05, 0) is 6.07 Å². The van der Waals surface area contributed by atoms with E-state index in [0.717, 1.165) is 12.1 Å². The van der Waals surface area contributed by atoms with Crippen LogP contribution in [0.2, 0.25) is 0 Å². The third kappa shape index (κ3) is 3.08. The molecule has 0 atom stereocenters. The number of fused-ring (bicyclic) bond motifs is 1. The van der Waals surface area contributed by atoms with E-state index in [-0.39, 0.29) is 11.6 Å². The van der Waals surface area contributed by atoms with Crippen LogP contribution in [0.15, 0.2) is 30.3 Å². The number of rotatable bonds is 2. The Balaban J connectivity index is 2.63. The summed E-state index contributed by atoms with van der Waals surface area (Å²) in [5.41, 5.74) is -7.49. The number of hydrogen-bond donors (Lipinski definition) is 0. The predicted octanol–water partition coefficient (Wildman–Crippen LogP) is 3.48. The first-order valence-electron chi connectivity index (χ1n) is 5.39. The van der Waals surface area contributed by atoms with Crippen molar-refractivity contribution in [1.82, 2.24) is 4.98 Å². The molecule has 0 fully saturated rings. The lowest BCUT2D eigenvalue weighted by Gasteiger charge is -2.13. The molecule has 0 saturated carbocycles. The van der Waals surface area contributed by atoms with Gasteiger partial charge in [0.15, 0.2) is 0 Å². The number of benzene rings is 1. The smallest absolute Gasteiger partial charge is 0.355 e. The van der Waals surface area contributed by atoms with Gasteiger partial charge in [0, 0.05) is 11.5 Å². The van der Waals surface area contributed by atoms with Crippen molar-refractivity contribution in [3.05, 3.63) is 35.9 Å². The lowest BCUT2D eigenvalue weighted by Crippen LogP contribution is -2.28. The number of aromatic nitrogens is 1. The average Bonchev–Trinajstić information content (AvgIpc) is 2.34. The second-order valence-corrected chi connectivity index (χ2v) is 5.54. The summed E-state index contributed by atoms with van der Waals surface area (Å²) >= 11 is 0. The van der Waals surface area contributed by atoms with Gasteiger partial charge >= 0.3 is 21.8 Å². The number of alkyl halides is 6. The molecule has 120 valence electrons. The Bertz CT molecular complexity index is 813. The van der Waals surface area contributed by atoms with Crippen LogP contribution in [0.1, 0.15) is 5.56 Å². The largest absolute Gasteiger partial charge is 0.534 e. The van der Waals surface area contributed by atoms with Gasteiger partial charge in [-0.25, -0.2) is 4.98 Å². The molecule has 0 spiro atoms. The van der Waals surface area contributed by atoms with Gasteiger partial charge in [0.1, 0.15) is 0 Å². The zero-order valence-corrected chi connectivity index (χ0v) is 11.1. The standard InChI is InChI=1S/C11H5F6NO3S/c12-10(13,14)7-5-9(21-22(19,20)11(15,16)17)18-8-4-2-1-3-6(7)8/h1-5H. The van der Waals surface area contributed by atoms with Crippen molar-refractivity contribution in [3.8, 4) is 5.88 Å². The molecule has 11 heteroatoms. The molecule has 1 aromatic carbocycles. The number of hydrogen-bond acceptors (Lipinski definition) is 4. The lowest BCUT2D eigenvalue weighted by atomic mass is 10.1. The molecule has 0 bridgehead atoms. The van der Waals surface area contributed by atoms with Crippen molar-refractivity contribution in [2.75, 3.05) is 0 Å². The van der Waals surface area contributed by atoms with Crippen molar-refractivity contribution in [2.24, 2.45) is 0 Å². The van der Waals surface area contributed by atoms with E-state index in [1.54, 1.807) is 0 Å². The summed E-state index contributed by atoms with van der Waals surface area (Å²) in [6.07, 6.45) is -4.93. The minimum absolute atomic E-state index is 0.103. The number of nitrogens with zero attached hydrogens (tertiary/aromatic N) is 1. The van der Waals surface area contributed by atoms with Crippen LogP contribution in [0.5, 0.6) is 5.88 Å². The molecule has 0 aliphatic heterocycles. The van der Waals surface area contributed by atoms with Crippen molar-refractivity contribution in [3.63, 3.8) is 0 Å². The van der Waals surface area contributed by atoms with E-state index in [1.165, 1.54) is 12.1 Å². The maximum absolute atomic E-state index is 12.9. The molecule has 0 aliphatic rings. The maximum Gasteiger partial charge on any atom is 0.534 e. The number of halogens is 6. The highest BCUT2D eigenvalue weighted by Gasteiger charge is 2.49. The minimum atomic E-state index is -6.11. The third-order valence-corrected chi connectivity index (χ3v) is 3.43. The van der Waals surface area contributed by atoms with E-state index in [2.05, 4.69) is 9.17 Å². The van der Waals surface area contributed by atoms with Gasteiger partial charge in [0.05, 0.1) is 11.1 Å². The van der Waals surface area contributed by atoms with Crippen LogP contribution in [0.3, 0.4) is 0 Å². The Morgan fingerprint density at radius 2 is 1.59 bits per heavy atom. The normalized spacial score (nSPS) is 13.4. The first-order valence-corrected chi connectivity index (χ1v) is 6.80. The zero-order valence-electron chi connectivity index (χ0n) is 10.2. The lowest BCUT2D eigenvalue weighted by molar-refractivity contribution is -0.136. The summed E-state index contributed by atoms with van der Waals surface area (Å²) in [4.78, 5) is 3.35. The van der Waals surface area contributed by atoms with Gasteiger partial charge in [0.25, 0.3) is 0 Å². The monoisotopic (exact) mass is 345 g/mol. The van der Waals surface area contributed by atoms with Gasteiger partial charge in [-0.1, -0.05) is 18.2 Å². The van der Waals surface area contributed by atoms with Crippen LogP contribution in [0.4, 0.5) is 26.3 Å². The van der Waals surface area contributed by atoms with Gasteiger partial charge in [0.2, 0.25) is 5.88 Å². The molecule has 0 N–H and O–H groups in total. The summed E-state index contributed by atoms with van der Waals surface area (Å²) in [5.74, 6) is -1.32. The van der Waals surface area contributed by atoms with E-state index in [1.807, 2.05) is 0 Å². The fourth-order valence-corrected chi connectivity index (χ4v) is 1.99. The molecule has 2 rings (SSSR count). The van der Waals surface area contributed by atoms with Gasteiger partial charge in [-0.15, -0.1) is 0 Å². The molecule has 0 radical (unpaired) electrons. The van der Waals surface area contributed by atoms with Gasteiger partial charge in [-0.2, -0.15) is 34.8 Å². The Morgan fingerprint density at radius 1 is 1.00 bits per heavy atom. The van der Waals surface area contributed by atoms with E-state index < -0.39 is 38.6 Å². The second kappa shape index (κ2) is 5.00. The van der Waals surface area contributed by atoms with Crippen molar-refractivity contribution in [1.29, 1.82) is 0 Å². The van der Waals surface area contributed by atoms with E-state index in [4.69, 9.17) is 0 Å². The molecular weight excluding hydrogens is 340 g/mol. The van der Waals surface area contributed by atoms with Gasteiger partial charge in [-0.3, -0.25) is 0 Å². The van der Waals surface area contributed by atoms with Crippen LogP contribution in [0, 0.1) is 0 Å². The summed E-state index contributed by atoms with van der Waals surface area (Å²) < 4.78 is 101. The summed E-state index contributed by atoms with van der Waals surface area (Å²) in [7, 11) is -6.11. The molecule has 22 heavy (non-hydrogen) atoms. The van der Waals surface area contributed by atoms with Crippen molar-refractivity contribution < 1.29 is 38.9 Å². The third-order valence-electron chi connectivity index (χ3n) is 2.48. The molecule has 0 aliphatic carbocycles. The number of para-hydroxylation sites is 1. The van der Waals surface area contributed by atoms with Crippen LogP contribution >= 0.6 is 0 Å². The highest BCUT2D eigenvalue weighted by molar-refractivity contribution is 7.87. The minimum Gasteiger partial charge on any atom is -0.355 e. The summed E-state index contributed by atoms with van der Waals surface area (Å²) in [5, 5.41) is -0.397. The first-order chi connectivity index (χ1) is 9.92. The van der Waals surface area contributed by atoms with Crippen LogP contribution < -0.4 is 4.18 Å². The fourth-order valence-electron chi connectivity index (χ4n) is 1.59. The van der Waals surface area contributed by atoms with E-state index in [9.17, 15) is 34.8 Å². The average molecular weight is 345 g/mol. The molecule has 0 saturated heterocycles. The van der Waals surface area contributed by atoms with E-state index >= 15 is 0 Å². The van der Waals surface area contributed by atoms with Crippen LogP contribution in [-0.2, 0) is 16.3 Å². The Morgan fingerprint density at radius 3 is 2.14 bits per heavy atom. The highest BCUT2D eigenvalue weighted by Crippen LogP contribution is 2.37. The first kappa shape index (κ1) is 16.3. The highest BCUT2D eigenvalue weighted by atomic mass is 32.2. The SMILES string of the molecule is O=S(=O)(Oc1cc(C(F)(F)F)c2ccccc2n1)C(F)(F)F. The number of pyridine rings is 1. The van der Waals surface area contributed by atoms with Crippen molar-refractivity contribution >= 4 is 21.0 Å². The molecule has 2 aromatic rings. The topological polar surface area (TPSA) is 56.3 Å². The Kier molecular flexibility index (Phi) is 3.71. The fraction of sp³-hybridized carbons (Fsp3) is 0.182. The molecular formula is C11H5F6NO3S. The van der Waals surface area contributed by atoms with Crippen LogP contribution in [0.25, 0.3) is 10.9 Å². The predicted molar refractivity (Wildman–Crippen MR) is 62.3 cm³/mol. The quantitative estimate of drug-likeness (QED) is 0.475. The van der Waals surface area contributed by atoms with E-state index in [0.29, 0.717) is 0 Å². The summed E-state index contributed by atoms with van der Waals surface area (Å²) in [6, 6.07) is 4.79. The maximum atomic E-state index is 12.9. The van der Waals surface area contributed by atoms with Crippen molar-refractivity contribution in [2.45, 2.75) is 11.7 Å².